The van der Waals surface area contributed by atoms with Crippen molar-refractivity contribution >= 4 is 23.4 Å². The lowest BCUT2D eigenvalue weighted by Gasteiger charge is -2.59. The second-order valence-corrected chi connectivity index (χ2v) is 10.2. The quantitative estimate of drug-likeness (QED) is 0.433. The summed E-state index contributed by atoms with van der Waals surface area (Å²) in [6.45, 7) is 0. The topological polar surface area (TPSA) is 85.5 Å². The highest BCUT2D eigenvalue weighted by atomic mass is 35.5. The molecule has 0 heterocycles. The molecule has 152 valence electrons. The zero-order valence-electron chi connectivity index (χ0n) is 16.4. The number of aliphatic carboxylic acids is 1. The van der Waals surface area contributed by atoms with E-state index in [1.165, 1.54) is 0 Å². The van der Waals surface area contributed by atoms with Crippen LogP contribution >= 0.6 is 11.6 Å². The Morgan fingerprint density at radius 2 is 1.83 bits per heavy atom. The molecule has 29 heavy (non-hydrogen) atoms. The minimum atomic E-state index is -0.613. The first-order chi connectivity index (χ1) is 14.0. The van der Waals surface area contributed by atoms with Crippen LogP contribution in [0.5, 0.6) is 0 Å². The highest BCUT2D eigenvalue weighted by Crippen LogP contribution is 2.60. The van der Waals surface area contributed by atoms with Crippen LogP contribution in [0, 0.1) is 34.6 Å². The van der Waals surface area contributed by atoms with Crippen molar-refractivity contribution in [2.45, 2.75) is 62.8 Å². The largest absolute Gasteiger partial charge is 0.481 e. The van der Waals surface area contributed by atoms with E-state index in [1.807, 2.05) is 30.5 Å². The Bertz CT molecular complexity index is 884. The summed E-state index contributed by atoms with van der Waals surface area (Å²) in [7, 11) is 0. The second-order valence-electron chi connectivity index (χ2n) is 9.73. The Morgan fingerprint density at radius 1 is 1.17 bits per heavy atom. The van der Waals surface area contributed by atoms with Gasteiger partial charge in [0.15, 0.2) is 0 Å². The molecular weight excluding hydrogens is 386 g/mol. The Labute approximate surface area is 176 Å². The maximum atomic E-state index is 12.0. The van der Waals surface area contributed by atoms with Crippen LogP contribution in [0.25, 0.3) is 0 Å². The standard InChI is InChI=1S/C23H26ClN3O2/c24-18-4-2-17(3-5-18)23(6-1-7-23)20(26-13-25)27-19-15-8-14-9-16(19)12-22(10-14,11-15)21(28)29/h2-5,14-16,19H,1,6-12H2,(H,26,27)(H,28,29). The molecule has 2 unspecified atom stereocenters. The average Bonchev–Trinajstić information content (AvgIpc) is 2.64. The molecule has 6 rings (SSSR count). The number of hydrogen-bond donors (Lipinski definition) is 2. The predicted molar refractivity (Wildman–Crippen MR) is 111 cm³/mol. The summed E-state index contributed by atoms with van der Waals surface area (Å²) in [5.74, 6) is 1.40. The molecular formula is C23H26ClN3O2. The number of carboxylic acid groups (broad SMARTS) is 1. The number of nitrogens with one attached hydrogen (secondary N) is 1. The molecule has 0 aromatic heterocycles. The average molecular weight is 412 g/mol. The molecule has 0 amide bonds. The van der Waals surface area contributed by atoms with Crippen molar-refractivity contribution in [3.8, 4) is 6.19 Å². The molecule has 2 N–H and O–H groups in total. The predicted octanol–water partition coefficient (Wildman–Crippen LogP) is 4.51. The van der Waals surface area contributed by atoms with Gasteiger partial charge in [-0.1, -0.05) is 30.2 Å². The summed E-state index contributed by atoms with van der Waals surface area (Å²) >= 11 is 6.09. The number of aliphatic imine (C=N–C) groups is 1. The minimum absolute atomic E-state index is 0.218. The zero-order valence-corrected chi connectivity index (χ0v) is 17.2. The number of nitriles is 1. The summed E-state index contributed by atoms with van der Waals surface area (Å²) < 4.78 is 0. The number of benzene rings is 1. The Balaban J connectivity index is 1.44. The first-order valence-electron chi connectivity index (χ1n) is 10.7. The Hall–Kier alpha value is -2.06. The van der Waals surface area contributed by atoms with Crippen molar-refractivity contribution in [2.75, 3.05) is 0 Å². The van der Waals surface area contributed by atoms with E-state index in [-0.39, 0.29) is 11.5 Å². The lowest BCUT2D eigenvalue weighted by Crippen LogP contribution is -2.63. The minimum Gasteiger partial charge on any atom is -0.481 e. The fourth-order valence-corrected chi connectivity index (χ4v) is 7.09. The molecule has 2 atom stereocenters. The molecule has 4 bridgehead atoms. The van der Waals surface area contributed by atoms with Crippen LogP contribution in [-0.2, 0) is 10.2 Å². The van der Waals surface area contributed by atoms with E-state index in [2.05, 4.69) is 10.3 Å². The van der Waals surface area contributed by atoms with E-state index in [1.54, 1.807) is 0 Å². The zero-order chi connectivity index (χ0) is 20.2. The third-order valence-electron chi connectivity index (χ3n) is 8.25. The molecule has 5 aliphatic carbocycles. The van der Waals surface area contributed by atoms with E-state index >= 15 is 0 Å². The fraction of sp³-hybridized carbons (Fsp3) is 0.609. The number of rotatable bonds is 4. The number of hydrogen-bond acceptors (Lipinski definition) is 3. The molecule has 1 aromatic carbocycles. The van der Waals surface area contributed by atoms with Crippen molar-refractivity contribution in [3.05, 3.63) is 34.9 Å². The van der Waals surface area contributed by atoms with Crippen molar-refractivity contribution in [3.63, 3.8) is 0 Å². The van der Waals surface area contributed by atoms with Crippen LogP contribution in [0.3, 0.4) is 0 Å². The molecule has 0 saturated heterocycles. The van der Waals surface area contributed by atoms with Crippen LogP contribution in [-0.4, -0.2) is 23.0 Å². The monoisotopic (exact) mass is 411 g/mol. The van der Waals surface area contributed by atoms with E-state index in [9.17, 15) is 15.2 Å². The van der Waals surface area contributed by atoms with Gasteiger partial charge in [0.25, 0.3) is 0 Å². The van der Waals surface area contributed by atoms with Gasteiger partial charge in [-0.05, 0) is 80.4 Å². The summed E-state index contributed by atoms with van der Waals surface area (Å²) in [5.41, 5.74) is 0.380. The van der Waals surface area contributed by atoms with Crippen LogP contribution < -0.4 is 5.32 Å². The van der Waals surface area contributed by atoms with Gasteiger partial charge in [0.1, 0.15) is 5.84 Å². The van der Waals surface area contributed by atoms with Gasteiger partial charge in [-0.3, -0.25) is 4.79 Å². The molecule has 1 aromatic rings. The van der Waals surface area contributed by atoms with Gasteiger partial charge < -0.3 is 10.4 Å². The van der Waals surface area contributed by atoms with Gasteiger partial charge in [0.2, 0.25) is 6.19 Å². The first kappa shape index (κ1) is 18.9. The highest BCUT2D eigenvalue weighted by Gasteiger charge is 2.59. The van der Waals surface area contributed by atoms with Gasteiger partial charge in [0.05, 0.1) is 10.8 Å². The lowest BCUT2D eigenvalue weighted by atomic mass is 9.47. The van der Waals surface area contributed by atoms with Crippen LogP contribution in [0.1, 0.15) is 56.9 Å². The molecule has 0 aliphatic heterocycles. The van der Waals surface area contributed by atoms with Crippen molar-refractivity contribution in [2.24, 2.45) is 28.2 Å². The molecule has 5 saturated carbocycles. The van der Waals surface area contributed by atoms with E-state index in [0.29, 0.717) is 22.8 Å². The number of carboxylic acids is 1. The van der Waals surface area contributed by atoms with E-state index < -0.39 is 11.4 Å². The van der Waals surface area contributed by atoms with E-state index in [0.717, 1.165) is 62.8 Å². The number of amidine groups is 1. The molecule has 6 heteroatoms. The number of carbonyl (C=O) groups is 1. The third kappa shape index (κ3) is 2.87. The van der Waals surface area contributed by atoms with Crippen LogP contribution in [0.15, 0.2) is 29.3 Å². The molecule has 5 aliphatic rings. The maximum absolute atomic E-state index is 12.0. The number of nitrogens with zero attached hydrogens (tertiary/aromatic N) is 2. The fourth-order valence-electron chi connectivity index (χ4n) is 6.97. The Kier molecular flexibility index (Phi) is 4.40. The highest BCUT2D eigenvalue weighted by molar-refractivity contribution is 6.30. The van der Waals surface area contributed by atoms with Gasteiger partial charge in [-0.15, -0.1) is 0 Å². The first-order valence-corrected chi connectivity index (χ1v) is 11.1. The summed E-state index contributed by atoms with van der Waals surface area (Å²) in [6, 6.07) is 8.12. The number of halogens is 1. The van der Waals surface area contributed by atoms with E-state index in [4.69, 9.17) is 11.6 Å². The van der Waals surface area contributed by atoms with Gasteiger partial charge >= 0.3 is 5.97 Å². The smallest absolute Gasteiger partial charge is 0.309 e. The van der Waals surface area contributed by atoms with Gasteiger partial charge in [0, 0.05) is 11.1 Å². The second kappa shape index (κ2) is 6.74. The van der Waals surface area contributed by atoms with Crippen molar-refractivity contribution in [1.82, 2.24) is 5.32 Å². The Morgan fingerprint density at radius 3 is 2.34 bits per heavy atom. The molecule has 0 spiro atoms. The van der Waals surface area contributed by atoms with Crippen LogP contribution in [0.4, 0.5) is 0 Å². The molecule has 0 radical (unpaired) electrons. The molecule has 5 nitrogen and oxygen atoms in total. The van der Waals surface area contributed by atoms with Gasteiger partial charge in [-0.2, -0.15) is 10.3 Å². The summed E-state index contributed by atoms with van der Waals surface area (Å²) in [5, 5.41) is 23.7. The SMILES string of the molecule is N#C/N=C(\NC1C2CC3CC1CC(C(=O)O)(C3)C2)C1(c2ccc(Cl)cc2)CCC1. The summed E-state index contributed by atoms with van der Waals surface area (Å²) in [4.78, 5) is 16.3. The van der Waals surface area contributed by atoms with Gasteiger partial charge in [-0.25, -0.2) is 0 Å². The van der Waals surface area contributed by atoms with Crippen molar-refractivity contribution < 1.29 is 9.90 Å². The van der Waals surface area contributed by atoms with Crippen LogP contribution in [0.2, 0.25) is 5.02 Å². The summed E-state index contributed by atoms with van der Waals surface area (Å²) in [6.07, 6.45) is 9.60. The normalized spacial score (nSPS) is 36.9. The van der Waals surface area contributed by atoms with Crippen molar-refractivity contribution in [1.29, 1.82) is 5.26 Å². The third-order valence-corrected chi connectivity index (χ3v) is 8.50. The lowest BCUT2D eigenvalue weighted by molar-refractivity contribution is -0.166. The maximum Gasteiger partial charge on any atom is 0.309 e. The molecule has 5 fully saturated rings.